The molecular formula is C19H28N2O3. The monoisotopic (exact) mass is 332 g/mol. The van der Waals surface area contributed by atoms with Gasteiger partial charge in [-0.2, -0.15) is 0 Å². The van der Waals surface area contributed by atoms with E-state index in [4.69, 9.17) is 4.74 Å². The highest BCUT2D eigenvalue weighted by atomic mass is 16.5. The minimum atomic E-state index is -0.429. The van der Waals surface area contributed by atoms with E-state index >= 15 is 0 Å². The summed E-state index contributed by atoms with van der Waals surface area (Å²) in [5.74, 6) is 0.0794. The number of amides is 1. The molecule has 1 atom stereocenters. The Morgan fingerprint density at radius 2 is 2.12 bits per heavy atom. The first-order valence-corrected chi connectivity index (χ1v) is 8.85. The Balaban J connectivity index is 1.65. The smallest absolute Gasteiger partial charge is 0.253 e. The number of benzene rings is 1. The van der Waals surface area contributed by atoms with Crippen LogP contribution in [0.4, 0.5) is 0 Å². The number of ether oxygens (including phenoxy) is 1. The molecule has 132 valence electrons. The molecule has 1 N–H and O–H groups in total. The number of rotatable bonds is 3. The molecule has 2 aliphatic rings. The van der Waals surface area contributed by atoms with Crippen LogP contribution in [0.5, 0.6) is 0 Å². The first kappa shape index (κ1) is 17.4. The standard InChI is InChI=1S/C19H28N2O3/c1-20(2)14-15-5-3-6-16(13-15)18(23)21-10-8-19(9-11-21)17(22)7-4-12-24-19/h3,5-6,13,17,22H,4,7-12,14H2,1-2H3/t17-/m0/s1. The van der Waals surface area contributed by atoms with Gasteiger partial charge in [0.2, 0.25) is 0 Å². The van der Waals surface area contributed by atoms with Crippen LogP contribution >= 0.6 is 0 Å². The Morgan fingerprint density at radius 1 is 1.38 bits per heavy atom. The number of likely N-dealkylation sites (tertiary alicyclic amines) is 1. The van der Waals surface area contributed by atoms with Gasteiger partial charge in [0.15, 0.2) is 0 Å². The van der Waals surface area contributed by atoms with E-state index in [2.05, 4.69) is 4.90 Å². The maximum Gasteiger partial charge on any atom is 0.253 e. The van der Waals surface area contributed by atoms with Crippen LogP contribution in [0, 0.1) is 0 Å². The number of aliphatic hydroxyl groups is 1. The van der Waals surface area contributed by atoms with Crippen LogP contribution in [0.1, 0.15) is 41.6 Å². The molecule has 1 spiro atoms. The van der Waals surface area contributed by atoms with E-state index in [9.17, 15) is 9.90 Å². The Hall–Kier alpha value is -1.43. The van der Waals surface area contributed by atoms with Crippen molar-refractivity contribution in [1.82, 2.24) is 9.80 Å². The number of carbonyl (C=O) groups excluding carboxylic acids is 1. The summed E-state index contributed by atoms with van der Waals surface area (Å²) in [5.41, 5.74) is 1.46. The van der Waals surface area contributed by atoms with Gasteiger partial charge in [0.1, 0.15) is 0 Å². The third kappa shape index (κ3) is 3.63. The summed E-state index contributed by atoms with van der Waals surface area (Å²) < 4.78 is 5.92. The molecule has 5 nitrogen and oxygen atoms in total. The molecule has 24 heavy (non-hydrogen) atoms. The molecular weight excluding hydrogens is 304 g/mol. The fourth-order valence-corrected chi connectivity index (χ4v) is 3.83. The minimum Gasteiger partial charge on any atom is -0.390 e. The molecule has 0 unspecified atom stereocenters. The largest absolute Gasteiger partial charge is 0.390 e. The molecule has 1 aromatic rings. The summed E-state index contributed by atoms with van der Waals surface area (Å²) >= 11 is 0. The molecule has 3 rings (SSSR count). The normalized spacial score (nSPS) is 23.7. The lowest BCUT2D eigenvalue weighted by Crippen LogP contribution is -2.56. The average molecular weight is 332 g/mol. The Morgan fingerprint density at radius 3 is 2.79 bits per heavy atom. The van der Waals surface area contributed by atoms with Crippen molar-refractivity contribution in [2.75, 3.05) is 33.8 Å². The van der Waals surface area contributed by atoms with Gasteiger partial charge in [0.25, 0.3) is 5.91 Å². The van der Waals surface area contributed by atoms with Crippen LogP contribution < -0.4 is 0 Å². The summed E-state index contributed by atoms with van der Waals surface area (Å²) in [7, 11) is 4.04. The molecule has 1 amide bonds. The van der Waals surface area contributed by atoms with Crippen molar-refractivity contribution in [1.29, 1.82) is 0 Å². The molecule has 1 aromatic carbocycles. The SMILES string of the molecule is CN(C)Cc1cccc(C(=O)N2CCC3(CC2)OCCC[C@@H]3O)c1. The zero-order valence-electron chi connectivity index (χ0n) is 14.7. The second kappa shape index (κ2) is 7.21. The van der Waals surface area contributed by atoms with Gasteiger partial charge >= 0.3 is 0 Å². The zero-order chi connectivity index (χ0) is 17.2. The zero-order valence-corrected chi connectivity index (χ0v) is 14.7. The second-order valence-electron chi connectivity index (χ2n) is 7.30. The molecule has 0 bridgehead atoms. The van der Waals surface area contributed by atoms with Gasteiger partial charge in [-0.25, -0.2) is 0 Å². The van der Waals surface area contributed by atoms with Gasteiger partial charge in [-0.3, -0.25) is 4.79 Å². The molecule has 2 fully saturated rings. The fraction of sp³-hybridized carbons (Fsp3) is 0.632. The molecule has 0 saturated carbocycles. The molecule has 2 aliphatic heterocycles. The Labute approximate surface area is 144 Å². The maximum absolute atomic E-state index is 12.8. The van der Waals surface area contributed by atoms with Gasteiger partial charge < -0.3 is 19.6 Å². The van der Waals surface area contributed by atoms with E-state index in [0.717, 1.165) is 50.0 Å². The predicted octanol–water partition coefficient (Wildman–Crippen LogP) is 1.89. The summed E-state index contributed by atoms with van der Waals surface area (Å²) in [4.78, 5) is 16.8. The predicted molar refractivity (Wildman–Crippen MR) is 92.9 cm³/mol. The number of nitrogens with zero attached hydrogens (tertiary/aromatic N) is 2. The van der Waals surface area contributed by atoms with E-state index in [1.54, 1.807) is 0 Å². The van der Waals surface area contributed by atoms with Gasteiger partial charge in [0.05, 0.1) is 11.7 Å². The van der Waals surface area contributed by atoms with Crippen molar-refractivity contribution in [2.45, 2.75) is 43.9 Å². The van der Waals surface area contributed by atoms with Crippen LogP contribution in [0.2, 0.25) is 0 Å². The number of piperidine rings is 1. The van der Waals surface area contributed by atoms with E-state index in [0.29, 0.717) is 13.1 Å². The minimum absolute atomic E-state index is 0.0794. The van der Waals surface area contributed by atoms with Gasteiger partial charge in [-0.1, -0.05) is 12.1 Å². The van der Waals surface area contributed by atoms with Crippen molar-refractivity contribution in [3.05, 3.63) is 35.4 Å². The van der Waals surface area contributed by atoms with Crippen LogP contribution in [-0.4, -0.2) is 66.3 Å². The summed E-state index contributed by atoms with van der Waals surface area (Å²) in [6.07, 6.45) is 2.77. The highest BCUT2D eigenvalue weighted by Gasteiger charge is 2.44. The first-order valence-electron chi connectivity index (χ1n) is 8.85. The van der Waals surface area contributed by atoms with Gasteiger partial charge in [-0.15, -0.1) is 0 Å². The van der Waals surface area contributed by atoms with Crippen LogP contribution in [0.25, 0.3) is 0 Å². The third-order valence-corrected chi connectivity index (χ3v) is 5.19. The average Bonchev–Trinajstić information content (AvgIpc) is 2.57. The lowest BCUT2D eigenvalue weighted by molar-refractivity contribution is -0.174. The molecule has 5 heteroatoms. The number of aliphatic hydroxyl groups excluding tert-OH is 1. The topological polar surface area (TPSA) is 53.0 Å². The van der Waals surface area contributed by atoms with Crippen molar-refractivity contribution in [3.8, 4) is 0 Å². The number of hydrogen-bond donors (Lipinski definition) is 1. The van der Waals surface area contributed by atoms with Crippen molar-refractivity contribution in [3.63, 3.8) is 0 Å². The molecule has 2 heterocycles. The van der Waals surface area contributed by atoms with E-state index in [1.165, 1.54) is 0 Å². The van der Waals surface area contributed by atoms with Crippen LogP contribution in [0.3, 0.4) is 0 Å². The lowest BCUT2D eigenvalue weighted by Gasteiger charge is -2.46. The maximum atomic E-state index is 12.8. The lowest BCUT2D eigenvalue weighted by atomic mass is 9.82. The number of hydrogen-bond acceptors (Lipinski definition) is 4. The molecule has 0 radical (unpaired) electrons. The number of carbonyl (C=O) groups is 1. The van der Waals surface area contributed by atoms with Crippen LogP contribution in [0.15, 0.2) is 24.3 Å². The quantitative estimate of drug-likeness (QED) is 0.918. The van der Waals surface area contributed by atoms with Crippen LogP contribution in [-0.2, 0) is 11.3 Å². The molecule has 0 aliphatic carbocycles. The van der Waals surface area contributed by atoms with E-state index < -0.39 is 11.7 Å². The van der Waals surface area contributed by atoms with Crippen molar-refractivity contribution in [2.24, 2.45) is 0 Å². The summed E-state index contributed by atoms with van der Waals surface area (Å²) in [5, 5.41) is 10.3. The highest BCUT2D eigenvalue weighted by Crippen LogP contribution is 2.35. The second-order valence-corrected chi connectivity index (χ2v) is 7.30. The molecule has 2 saturated heterocycles. The third-order valence-electron chi connectivity index (χ3n) is 5.19. The summed E-state index contributed by atoms with van der Waals surface area (Å²) in [6.45, 7) is 2.84. The van der Waals surface area contributed by atoms with Crippen molar-refractivity contribution < 1.29 is 14.6 Å². The Bertz CT molecular complexity index is 580. The van der Waals surface area contributed by atoms with E-state index in [-0.39, 0.29) is 5.91 Å². The molecule has 0 aromatic heterocycles. The Kier molecular flexibility index (Phi) is 5.23. The summed E-state index contributed by atoms with van der Waals surface area (Å²) in [6, 6.07) is 7.87. The van der Waals surface area contributed by atoms with Gasteiger partial charge in [-0.05, 0) is 57.5 Å². The highest BCUT2D eigenvalue weighted by molar-refractivity contribution is 5.94. The van der Waals surface area contributed by atoms with E-state index in [1.807, 2.05) is 43.3 Å². The van der Waals surface area contributed by atoms with Gasteiger partial charge in [0, 0.05) is 31.8 Å². The van der Waals surface area contributed by atoms with Crippen molar-refractivity contribution >= 4 is 5.91 Å². The fourth-order valence-electron chi connectivity index (χ4n) is 3.83. The first-order chi connectivity index (χ1) is 11.5.